The van der Waals surface area contributed by atoms with Gasteiger partial charge >= 0.3 is 0 Å². The molecule has 1 aromatic rings. The molecular weight excluding hydrogens is 342 g/mol. The van der Waals surface area contributed by atoms with Crippen molar-refractivity contribution in [3.05, 3.63) is 30.1 Å². The standard InChI is InChI=1S/C21H29N3O3/c25-19(17-7-6-11-22-15-17)24-12-5-2-8-18(24)20(26)23-13-14-27-21(16-23)9-3-1-4-10-21/h6-7,11,15,18H,1-5,8-10,12-14,16H2. The summed E-state index contributed by atoms with van der Waals surface area (Å²) in [6, 6.07) is 3.19. The summed E-state index contributed by atoms with van der Waals surface area (Å²) in [7, 11) is 0. The Morgan fingerprint density at radius 1 is 1.11 bits per heavy atom. The highest BCUT2D eigenvalue weighted by atomic mass is 16.5. The Hall–Kier alpha value is -1.95. The average molecular weight is 371 g/mol. The second-order valence-electron chi connectivity index (χ2n) is 8.10. The lowest BCUT2D eigenvalue weighted by Gasteiger charge is -2.47. The molecule has 1 aliphatic carbocycles. The number of hydrogen-bond acceptors (Lipinski definition) is 4. The summed E-state index contributed by atoms with van der Waals surface area (Å²) in [5.74, 6) is 0.0157. The highest BCUT2D eigenvalue weighted by Gasteiger charge is 2.42. The third-order valence-corrected chi connectivity index (χ3v) is 6.28. The highest BCUT2D eigenvalue weighted by molar-refractivity contribution is 5.97. The van der Waals surface area contributed by atoms with Crippen LogP contribution < -0.4 is 0 Å². The van der Waals surface area contributed by atoms with E-state index in [0.717, 1.165) is 32.1 Å². The maximum absolute atomic E-state index is 13.4. The van der Waals surface area contributed by atoms with Crippen molar-refractivity contribution >= 4 is 11.8 Å². The van der Waals surface area contributed by atoms with Gasteiger partial charge in [0.05, 0.1) is 17.8 Å². The van der Waals surface area contributed by atoms with Crippen LogP contribution in [0.15, 0.2) is 24.5 Å². The molecule has 1 aromatic heterocycles. The molecule has 1 spiro atoms. The number of ether oxygens (including phenoxy) is 1. The molecule has 0 N–H and O–H groups in total. The van der Waals surface area contributed by atoms with E-state index >= 15 is 0 Å². The first-order valence-corrected chi connectivity index (χ1v) is 10.3. The van der Waals surface area contributed by atoms with Crippen LogP contribution in [0.5, 0.6) is 0 Å². The van der Waals surface area contributed by atoms with E-state index in [-0.39, 0.29) is 23.5 Å². The maximum Gasteiger partial charge on any atom is 0.256 e. The normalized spacial score (nSPS) is 25.4. The van der Waals surface area contributed by atoms with Gasteiger partial charge in [-0.05, 0) is 44.2 Å². The molecule has 3 fully saturated rings. The Bertz CT molecular complexity index is 667. The number of piperidine rings is 1. The number of carbonyl (C=O) groups excluding carboxylic acids is 2. The van der Waals surface area contributed by atoms with Crippen LogP contribution in [0.25, 0.3) is 0 Å². The van der Waals surface area contributed by atoms with Crippen LogP contribution in [-0.2, 0) is 9.53 Å². The number of carbonyl (C=O) groups is 2. The van der Waals surface area contributed by atoms with E-state index < -0.39 is 0 Å². The van der Waals surface area contributed by atoms with Crippen molar-refractivity contribution < 1.29 is 14.3 Å². The molecule has 146 valence electrons. The monoisotopic (exact) mass is 371 g/mol. The van der Waals surface area contributed by atoms with Gasteiger partial charge in [0.1, 0.15) is 6.04 Å². The zero-order chi connectivity index (χ0) is 18.7. The van der Waals surface area contributed by atoms with Crippen LogP contribution in [0, 0.1) is 0 Å². The van der Waals surface area contributed by atoms with Gasteiger partial charge in [0, 0.05) is 32.0 Å². The summed E-state index contributed by atoms with van der Waals surface area (Å²) < 4.78 is 6.14. The molecule has 6 heteroatoms. The van der Waals surface area contributed by atoms with Crippen LogP contribution in [0.4, 0.5) is 0 Å². The molecule has 1 saturated carbocycles. The molecule has 2 amide bonds. The predicted octanol–water partition coefficient (Wildman–Crippen LogP) is 2.64. The molecule has 0 aromatic carbocycles. The van der Waals surface area contributed by atoms with E-state index in [1.165, 1.54) is 19.3 Å². The first kappa shape index (κ1) is 18.4. The number of morpholine rings is 1. The Balaban J connectivity index is 1.49. The van der Waals surface area contributed by atoms with Crippen molar-refractivity contribution in [1.29, 1.82) is 0 Å². The van der Waals surface area contributed by atoms with Crippen molar-refractivity contribution in [3.8, 4) is 0 Å². The average Bonchev–Trinajstić information content (AvgIpc) is 2.74. The van der Waals surface area contributed by atoms with Gasteiger partial charge in [-0.2, -0.15) is 0 Å². The molecule has 0 radical (unpaired) electrons. The van der Waals surface area contributed by atoms with Gasteiger partial charge in [0.15, 0.2) is 0 Å². The first-order chi connectivity index (χ1) is 13.2. The summed E-state index contributed by atoms with van der Waals surface area (Å²) in [5.41, 5.74) is 0.405. The molecule has 3 heterocycles. The van der Waals surface area contributed by atoms with Gasteiger partial charge in [-0.1, -0.05) is 19.3 Å². The fourth-order valence-electron chi connectivity index (χ4n) is 4.83. The first-order valence-electron chi connectivity index (χ1n) is 10.3. The molecule has 27 heavy (non-hydrogen) atoms. The van der Waals surface area contributed by atoms with Crippen molar-refractivity contribution in [3.63, 3.8) is 0 Å². The second kappa shape index (κ2) is 7.97. The Labute approximate surface area is 160 Å². The molecule has 6 nitrogen and oxygen atoms in total. The van der Waals surface area contributed by atoms with Gasteiger partial charge in [-0.3, -0.25) is 14.6 Å². The third-order valence-electron chi connectivity index (χ3n) is 6.28. The van der Waals surface area contributed by atoms with Crippen molar-refractivity contribution in [2.45, 2.75) is 63.0 Å². The summed E-state index contributed by atoms with van der Waals surface area (Å²) in [6.45, 7) is 2.55. The fourth-order valence-corrected chi connectivity index (χ4v) is 4.83. The lowest BCUT2D eigenvalue weighted by molar-refractivity contribution is -0.161. The maximum atomic E-state index is 13.4. The van der Waals surface area contributed by atoms with Crippen LogP contribution in [0.1, 0.15) is 61.7 Å². The van der Waals surface area contributed by atoms with Gasteiger partial charge in [0.2, 0.25) is 5.91 Å². The van der Waals surface area contributed by atoms with E-state index in [4.69, 9.17) is 4.74 Å². The quantitative estimate of drug-likeness (QED) is 0.802. The lowest BCUT2D eigenvalue weighted by atomic mass is 9.83. The highest BCUT2D eigenvalue weighted by Crippen LogP contribution is 2.35. The number of aromatic nitrogens is 1. The number of likely N-dealkylation sites (tertiary alicyclic amines) is 1. The number of hydrogen-bond donors (Lipinski definition) is 0. The van der Waals surface area contributed by atoms with Crippen LogP contribution in [-0.4, -0.2) is 64.5 Å². The topological polar surface area (TPSA) is 62.7 Å². The predicted molar refractivity (Wildman–Crippen MR) is 101 cm³/mol. The Morgan fingerprint density at radius 3 is 2.74 bits per heavy atom. The van der Waals surface area contributed by atoms with Gasteiger partial charge in [-0.15, -0.1) is 0 Å². The van der Waals surface area contributed by atoms with Crippen LogP contribution in [0.3, 0.4) is 0 Å². The second-order valence-corrected chi connectivity index (χ2v) is 8.10. The minimum Gasteiger partial charge on any atom is -0.371 e. The smallest absolute Gasteiger partial charge is 0.256 e. The number of amides is 2. The molecule has 1 atom stereocenters. The minimum atomic E-state index is -0.356. The van der Waals surface area contributed by atoms with Crippen molar-refractivity contribution in [2.24, 2.45) is 0 Å². The van der Waals surface area contributed by atoms with Crippen molar-refractivity contribution in [2.75, 3.05) is 26.2 Å². The summed E-state index contributed by atoms with van der Waals surface area (Å²) in [6.07, 6.45) is 11.6. The van der Waals surface area contributed by atoms with Gasteiger partial charge in [0.25, 0.3) is 5.91 Å². The third kappa shape index (κ3) is 3.86. The summed E-state index contributed by atoms with van der Waals surface area (Å²) >= 11 is 0. The van der Waals surface area contributed by atoms with Crippen molar-refractivity contribution in [1.82, 2.24) is 14.8 Å². The minimum absolute atomic E-state index is 0.0817. The van der Waals surface area contributed by atoms with E-state index in [1.807, 2.05) is 4.90 Å². The molecule has 2 aliphatic heterocycles. The fraction of sp³-hybridized carbons (Fsp3) is 0.667. The zero-order valence-electron chi connectivity index (χ0n) is 15.9. The molecule has 1 unspecified atom stereocenters. The van der Waals surface area contributed by atoms with Gasteiger partial charge < -0.3 is 14.5 Å². The van der Waals surface area contributed by atoms with Gasteiger partial charge in [-0.25, -0.2) is 0 Å². The molecular formula is C21H29N3O3. The lowest BCUT2D eigenvalue weighted by Crippen LogP contribution is -2.59. The zero-order valence-corrected chi connectivity index (χ0v) is 15.9. The SMILES string of the molecule is O=C(C1CCCCN1C(=O)c1cccnc1)N1CCOC2(CCCCC2)C1. The van der Waals surface area contributed by atoms with Crippen LogP contribution >= 0.6 is 0 Å². The molecule has 2 saturated heterocycles. The molecule has 4 rings (SSSR count). The molecule has 0 bridgehead atoms. The number of pyridine rings is 1. The van der Waals surface area contributed by atoms with E-state index in [0.29, 0.717) is 31.8 Å². The Morgan fingerprint density at radius 2 is 1.96 bits per heavy atom. The summed E-state index contributed by atoms with van der Waals surface area (Å²) in [4.78, 5) is 34.2. The molecule has 3 aliphatic rings. The van der Waals surface area contributed by atoms with E-state index in [9.17, 15) is 9.59 Å². The number of nitrogens with zero attached hydrogens (tertiary/aromatic N) is 3. The number of rotatable bonds is 2. The van der Waals surface area contributed by atoms with E-state index in [1.54, 1.807) is 29.4 Å². The largest absolute Gasteiger partial charge is 0.371 e. The van der Waals surface area contributed by atoms with Crippen LogP contribution in [0.2, 0.25) is 0 Å². The summed E-state index contributed by atoms with van der Waals surface area (Å²) in [5, 5.41) is 0. The van der Waals surface area contributed by atoms with E-state index in [2.05, 4.69) is 4.98 Å². The Kier molecular flexibility index (Phi) is 5.43.